The number of hydrogen-bond acceptors (Lipinski definition) is 7. The van der Waals surface area contributed by atoms with Crippen molar-refractivity contribution < 1.29 is 33.4 Å². The average Bonchev–Trinajstić information content (AvgIpc) is 3.38. The first-order valence-corrected chi connectivity index (χ1v) is 13.8. The van der Waals surface area contributed by atoms with Gasteiger partial charge >= 0.3 is 12.1 Å². The molecule has 10 heteroatoms. The first-order chi connectivity index (χ1) is 18.5. The van der Waals surface area contributed by atoms with E-state index in [-0.39, 0.29) is 17.7 Å². The van der Waals surface area contributed by atoms with E-state index in [4.69, 9.17) is 4.74 Å². The number of nitrogens with one attached hydrogen (secondary N) is 2. The molecule has 1 unspecified atom stereocenters. The van der Waals surface area contributed by atoms with E-state index in [1.54, 1.807) is 20.8 Å². The van der Waals surface area contributed by atoms with Crippen LogP contribution in [0.15, 0.2) is 24.3 Å². The highest BCUT2D eigenvalue weighted by Crippen LogP contribution is 2.34. The number of rotatable bonds is 9. The number of amides is 3. The number of carbonyl (C=O) groups is 5. The van der Waals surface area contributed by atoms with Gasteiger partial charge in [-0.25, -0.2) is 9.59 Å². The van der Waals surface area contributed by atoms with Crippen molar-refractivity contribution in [2.24, 2.45) is 11.8 Å². The third-order valence-electron chi connectivity index (χ3n) is 7.62. The molecule has 0 radical (unpaired) electrons. The molecule has 2 fully saturated rings. The summed E-state index contributed by atoms with van der Waals surface area (Å²) >= 11 is 0. The van der Waals surface area contributed by atoms with Gasteiger partial charge in [-0.05, 0) is 75.8 Å². The first kappa shape index (κ1) is 28.6. The van der Waals surface area contributed by atoms with Crippen molar-refractivity contribution in [2.45, 2.75) is 89.4 Å². The lowest BCUT2D eigenvalue weighted by Gasteiger charge is -2.32. The summed E-state index contributed by atoms with van der Waals surface area (Å²) in [6.45, 7) is 5.61. The van der Waals surface area contributed by atoms with E-state index >= 15 is 0 Å². The number of hydrogen-bond donors (Lipinski definition) is 2. The molecule has 3 amide bonds. The molecular formula is C29H39N3O7. The Kier molecular flexibility index (Phi) is 8.61. The molecule has 1 saturated carbocycles. The molecule has 0 spiro atoms. The number of alkyl carbamates (subject to hydrolysis) is 1. The zero-order valence-electron chi connectivity index (χ0n) is 23.2. The number of Topliss-reactive ketones (excluding diaryl/α,β-unsaturated/α-hetero) is 1. The highest BCUT2D eigenvalue weighted by Gasteiger charge is 2.44. The topological polar surface area (TPSA) is 131 Å². The van der Waals surface area contributed by atoms with E-state index in [9.17, 15) is 24.0 Å². The smallest absolute Gasteiger partial charge is 0.408 e. The summed E-state index contributed by atoms with van der Waals surface area (Å²) in [5.41, 5.74) is 1.52. The number of benzene rings is 1. The lowest BCUT2D eigenvalue weighted by Crippen LogP contribution is -2.58. The van der Waals surface area contributed by atoms with Crippen LogP contribution in [0.3, 0.4) is 0 Å². The second-order valence-electron chi connectivity index (χ2n) is 11.8. The molecule has 2 aliphatic carbocycles. The first-order valence-electron chi connectivity index (χ1n) is 13.8. The Labute approximate surface area is 229 Å². The standard InChI is InChI=1S/C29H39N3O7/c1-29(2,3)39-28(37)31-23(20-15-18-8-5-6-9-19(18)16-20)26(35)32-13-7-10-22(32)25(34)30-21(14-17-11-12-17)24(33)27(36)38-4/h5-6,8-9,17,20-23H,7,10-16H2,1-4H3,(H,30,34)(H,31,37)/t21?,22-,23-/m0/s1. The number of ketones is 1. The summed E-state index contributed by atoms with van der Waals surface area (Å²) < 4.78 is 10.1. The Morgan fingerprint density at radius 1 is 1.00 bits per heavy atom. The SMILES string of the molecule is COC(=O)C(=O)C(CC1CC1)NC(=O)[C@@H]1CCCN1C(=O)[C@@H](NC(=O)OC(C)(C)C)C1Cc2ccccc2C1. The fraction of sp³-hybridized carbons (Fsp3) is 0.621. The zero-order valence-corrected chi connectivity index (χ0v) is 23.2. The molecule has 212 valence electrons. The molecular weight excluding hydrogens is 502 g/mol. The maximum absolute atomic E-state index is 14.0. The van der Waals surface area contributed by atoms with Crippen molar-refractivity contribution in [3.63, 3.8) is 0 Å². The summed E-state index contributed by atoms with van der Waals surface area (Å²) in [7, 11) is 1.13. The summed E-state index contributed by atoms with van der Waals surface area (Å²) in [5.74, 6) is -2.54. The summed E-state index contributed by atoms with van der Waals surface area (Å²) in [6.07, 6.45) is 3.81. The van der Waals surface area contributed by atoms with Crippen molar-refractivity contribution in [1.29, 1.82) is 0 Å². The monoisotopic (exact) mass is 541 g/mol. The van der Waals surface area contributed by atoms with Gasteiger partial charge in [-0.1, -0.05) is 37.1 Å². The summed E-state index contributed by atoms with van der Waals surface area (Å²) in [5, 5.41) is 5.53. The number of nitrogens with zero attached hydrogens (tertiary/aromatic N) is 1. The minimum absolute atomic E-state index is 0.199. The molecule has 1 aromatic rings. The lowest BCUT2D eigenvalue weighted by molar-refractivity contribution is -0.153. The third kappa shape index (κ3) is 7.16. The van der Waals surface area contributed by atoms with Crippen LogP contribution in [0, 0.1) is 11.8 Å². The van der Waals surface area contributed by atoms with Crippen LogP contribution < -0.4 is 10.6 Å². The van der Waals surface area contributed by atoms with Crippen LogP contribution in [0.25, 0.3) is 0 Å². The van der Waals surface area contributed by atoms with Crippen molar-refractivity contribution in [3.8, 4) is 0 Å². The molecule has 10 nitrogen and oxygen atoms in total. The molecule has 2 N–H and O–H groups in total. The number of ether oxygens (including phenoxy) is 2. The molecule has 1 saturated heterocycles. The Hall–Kier alpha value is -3.43. The average molecular weight is 542 g/mol. The second-order valence-corrected chi connectivity index (χ2v) is 11.8. The second kappa shape index (κ2) is 11.8. The Morgan fingerprint density at radius 2 is 1.64 bits per heavy atom. The van der Waals surface area contributed by atoms with Gasteiger partial charge < -0.3 is 25.0 Å². The Balaban J connectivity index is 1.51. The van der Waals surface area contributed by atoms with E-state index in [2.05, 4.69) is 15.4 Å². The van der Waals surface area contributed by atoms with Crippen LogP contribution in [0.2, 0.25) is 0 Å². The lowest BCUT2D eigenvalue weighted by atomic mass is 9.95. The molecule has 0 aromatic heterocycles. The molecule has 4 rings (SSSR count). The van der Waals surface area contributed by atoms with Crippen LogP contribution in [0.1, 0.15) is 64.0 Å². The van der Waals surface area contributed by atoms with Gasteiger partial charge in [0.1, 0.15) is 17.7 Å². The predicted molar refractivity (Wildman–Crippen MR) is 142 cm³/mol. The molecule has 0 bridgehead atoms. The van der Waals surface area contributed by atoms with Crippen molar-refractivity contribution in [1.82, 2.24) is 15.5 Å². The molecule has 39 heavy (non-hydrogen) atoms. The minimum atomic E-state index is -0.997. The normalized spacial score (nSPS) is 20.5. The quantitative estimate of drug-likeness (QED) is 0.362. The minimum Gasteiger partial charge on any atom is -0.463 e. The van der Waals surface area contributed by atoms with E-state index in [0.29, 0.717) is 38.6 Å². The van der Waals surface area contributed by atoms with E-state index in [1.165, 1.54) is 4.90 Å². The van der Waals surface area contributed by atoms with Gasteiger partial charge in [0.15, 0.2) is 0 Å². The maximum atomic E-state index is 14.0. The van der Waals surface area contributed by atoms with Gasteiger partial charge in [-0.15, -0.1) is 0 Å². The van der Waals surface area contributed by atoms with Gasteiger partial charge in [-0.3, -0.25) is 14.4 Å². The van der Waals surface area contributed by atoms with Crippen LogP contribution in [0.4, 0.5) is 4.79 Å². The molecule has 1 heterocycles. The van der Waals surface area contributed by atoms with E-state index in [1.807, 2.05) is 24.3 Å². The summed E-state index contributed by atoms with van der Waals surface area (Å²) in [4.78, 5) is 66.2. The molecule has 1 aromatic carbocycles. The van der Waals surface area contributed by atoms with Gasteiger partial charge in [-0.2, -0.15) is 0 Å². The van der Waals surface area contributed by atoms with Crippen LogP contribution >= 0.6 is 0 Å². The fourth-order valence-corrected chi connectivity index (χ4v) is 5.56. The Morgan fingerprint density at radius 3 is 2.21 bits per heavy atom. The van der Waals surface area contributed by atoms with Crippen molar-refractivity contribution in [3.05, 3.63) is 35.4 Å². The Bertz CT molecular complexity index is 1100. The van der Waals surface area contributed by atoms with Crippen molar-refractivity contribution >= 4 is 29.7 Å². The highest BCUT2D eigenvalue weighted by atomic mass is 16.6. The number of fused-ring (bicyclic) bond motifs is 1. The van der Waals surface area contributed by atoms with Crippen LogP contribution in [0.5, 0.6) is 0 Å². The summed E-state index contributed by atoms with van der Waals surface area (Å²) in [6, 6.07) is 5.26. The fourth-order valence-electron chi connectivity index (χ4n) is 5.56. The van der Waals surface area contributed by atoms with E-state index in [0.717, 1.165) is 31.1 Å². The molecule has 1 aliphatic heterocycles. The van der Waals surface area contributed by atoms with Gasteiger partial charge in [0, 0.05) is 6.54 Å². The number of methoxy groups -OCH3 is 1. The van der Waals surface area contributed by atoms with Crippen molar-refractivity contribution in [2.75, 3.05) is 13.7 Å². The molecule has 3 atom stereocenters. The largest absolute Gasteiger partial charge is 0.463 e. The number of carbonyl (C=O) groups excluding carboxylic acids is 5. The van der Waals surface area contributed by atoms with Crippen LogP contribution in [-0.2, 0) is 41.5 Å². The maximum Gasteiger partial charge on any atom is 0.408 e. The highest BCUT2D eigenvalue weighted by molar-refractivity contribution is 6.36. The van der Waals surface area contributed by atoms with Gasteiger partial charge in [0.2, 0.25) is 11.8 Å². The number of esters is 1. The third-order valence-corrected chi connectivity index (χ3v) is 7.62. The zero-order chi connectivity index (χ0) is 28.3. The van der Waals surface area contributed by atoms with Gasteiger partial charge in [0.05, 0.1) is 13.2 Å². The molecule has 3 aliphatic rings. The predicted octanol–water partition coefficient (Wildman–Crippen LogP) is 2.31. The number of likely N-dealkylation sites (tertiary alicyclic amines) is 1. The van der Waals surface area contributed by atoms with E-state index < -0.39 is 47.5 Å². The van der Waals surface area contributed by atoms with Crippen LogP contribution in [-0.4, -0.2) is 71.9 Å². The van der Waals surface area contributed by atoms with Gasteiger partial charge in [0.25, 0.3) is 5.78 Å².